The van der Waals surface area contributed by atoms with Crippen LogP contribution in [0.4, 0.5) is 0 Å². The maximum absolute atomic E-state index is 12.5. The Bertz CT molecular complexity index is 611. The molecule has 2 atom stereocenters. The first-order chi connectivity index (χ1) is 11.3. The Balaban J connectivity index is 2.05. The van der Waals surface area contributed by atoms with Crippen LogP contribution in [0, 0.1) is 12.8 Å². The van der Waals surface area contributed by atoms with Crippen LogP contribution in [-0.2, 0) is 9.59 Å². The highest BCUT2D eigenvalue weighted by Gasteiger charge is 2.35. The molecule has 5 nitrogen and oxygen atoms in total. The van der Waals surface area contributed by atoms with Crippen LogP contribution in [0.2, 0.25) is 0 Å². The average Bonchev–Trinajstić information content (AvgIpc) is 2.52. The zero-order valence-electron chi connectivity index (χ0n) is 14.9. The largest absolute Gasteiger partial charge is 0.483 e. The van der Waals surface area contributed by atoms with Crippen molar-refractivity contribution in [3.63, 3.8) is 0 Å². The number of benzene rings is 1. The van der Waals surface area contributed by atoms with Gasteiger partial charge in [-0.25, -0.2) is 0 Å². The molecule has 1 aliphatic heterocycles. The van der Waals surface area contributed by atoms with Gasteiger partial charge in [-0.1, -0.05) is 26.0 Å². The average molecular weight is 333 g/mol. The van der Waals surface area contributed by atoms with E-state index in [-0.39, 0.29) is 18.6 Å². The molecule has 1 aliphatic rings. The number of hydrogen-bond acceptors (Lipinski definition) is 3. The second-order valence-electron chi connectivity index (χ2n) is 6.90. The molecule has 0 unspecified atom stereocenters. The van der Waals surface area contributed by atoms with Gasteiger partial charge in [0.15, 0.2) is 6.61 Å². The lowest BCUT2D eigenvalue weighted by atomic mass is 9.90. The number of likely N-dealkylation sites (tertiary alicyclic amines) is 1. The summed E-state index contributed by atoms with van der Waals surface area (Å²) in [5.41, 5.74) is 2.16. The number of carbonyl (C=O) groups excluding carboxylic acids is 1. The number of piperidine rings is 1. The van der Waals surface area contributed by atoms with E-state index in [1.54, 1.807) is 4.90 Å². The van der Waals surface area contributed by atoms with Gasteiger partial charge in [0.2, 0.25) is 0 Å². The Morgan fingerprint density at radius 3 is 2.71 bits per heavy atom. The van der Waals surface area contributed by atoms with Crippen LogP contribution in [0.1, 0.15) is 50.7 Å². The van der Waals surface area contributed by atoms with E-state index in [0.29, 0.717) is 25.3 Å². The summed E-state index contributed by atoms with van der Waals surface area (Å²) in [6.07, 6.45) is 1.34. The highest BCUT2D eigenvalue weighted by molar-refractivity contribution is 5.80. The summed E-state index contributed by atoms with van der Waals surface area (Å²) in [5.74, 6) is -0.432. The summed E-state index contributed by atoms with van der Waals surface area (Å²) in [4.78, 5) is 25.5. The molecule has 1 amide bonds. The van der Waals surface area contributed by atoms with Crippen LogP contribution >= 0.6 is 0 Å². The summed E-state index contributed by atoms with van der Waals surface area (Å²) in [5, 5.41) is 9.27. The zero-order chi connectivity index (χ0) is 17.9. The number of carboxylic acids is 1. The lowest BCUT2D eigenvalue weighted by molar-refractivity contribution is -0.149. The molecule has 1 N–H and O–H groups in total. The molecule has 0 bridgehead atoms. The summed E-state index contributed by atoms with van der Waals surface area (Å²) in [6, 6.07) is 5.72. The number of amides is 1. The van der Waals surface area contributed by atoms with Crippen LogP contribution in [-0.4, -0.2) is 41.1 Å². The first-order valence-corrected chi connectivity index (χ1v) is 8.57. The molecule has 1 aromatic rings. The van der Waals surface area contributed by atoms with Crippen LogP contribution < -0.4 is 4.74 Å². The first kappa shape index (κ1) is 18.3. The molecule has 5 heteroatoms. The van der Waals surface area contributed by atoms with E-state index in [1.165, 1.54) is 0 Å². The van der Waals surface area contributed by atoms with E-state index in [9.17, 15) is 14.7 Å². The van der Waals surface area contributed by atoms with E-state index < -0.39 is 11.9 Å². The Labute approximate surface area is 143 Å². The fourth-order valence-corrected chi connectivity index (χ4v) is 3.29. The van der Waals surface area contributed by atoms with Crippen LogP contribution in [0.3, 0.4) is 0 Å². The van der Waals surface area contributed by atoms with Gasteiger partial charge in [0, 0.05) is 12.6 Å². The monoisotopic (exact) mass is 333 g/mol. The molecule has 1 fully saturated rings. The minimum atomic E-state index is -0.832. The van der Waals surface area contributed by atoms with Crippen molar-refractivity contribution in [1.29, 1.82) is 0 Å². The third kappa shape index (κ3) is 4.08. The number of rotatable bonds is 5. The first-order valence-electron chi connectivity index (χ1n) is 8.57. The van der Waals surface area contributed by atoms with Gasteiger partial charge in [0.25, 0.3) is 5.91 Å². The molecule has 0 aromatic heterocycles. The molecule has 1 aromatic carbocycles. The fraction of sp³-hybridized carbons (Fsp3) is 0.579. The normalized spacial score (nSPS) is 21.0. The topological polar surface area (TPSA) is 66.8 Å². The molecule has 2 rings (SSSR count). The van der Waals surface area contributed by atoms with Crippen molar-refractivity contribution in [3.8, 4) is 5.75 Å². The minimum absolute atomic E-state index is 0.0557. The standard InChI is InChI=1S/C19H27NO4/c1-12(2)15-8-7-13(3)10-17(15)24-11-18(21)20-9-5-6-16(14(20)4)19(22)23/h7-8,10,12,14,16H,5-6,9,11H2,1-4H3,(H,22,23)/t14-,16-/m0/s1. The summed E-state index contributed by atoms with van der Waals surface area (Å²) < 4.78 is 5.80. The van der Waals surface area contributed by atoms with Crippen molar-refractivity contribution in [2.75, 3.05) is 13.2 Å². The molecular formula is C19H27NO4. The predicted molar refractivity (Wildman–Crippen MR) is 92.3 cm³/mol. The minimum Gasteiger partial charge on any atom is -0.483 e. The molecule has 132 valence electrons. The molecular weight excluding hydrogens is 306 g/mol. The lowest BCUT2D eigenvalue weighted by Gasteiger charge is -2.37. The number of aliphatic carboxylic acids is 1. The molecule has 0 spiro atoms. The summed E-state index contributed by atoms with van der Waals surface area (Å²) in [7, 11) is 0. The van der Waals surface area contributed by atoms with E-state index in [1.807, 2.05) is 32.0 Å². The fourth-order valence-electron chi connectivity index (χ4n) is 3.29. The second kappa shape index (κ2) is 7.69. The van der Waals surface area contributed by atoms with Crippen molar-refractivity contribution in [1.82, 2.24) is 4.90 Å². The van der Waals surface area contributed by atoms with E-state index >= 15 is 0 Å². The number of aryl methyl sites for hydroxylation is 1. The SMILES string of the molecule is Cc1ccc(C(C)C)c(OCC(=O)N2CCC[C@H](C(=O)O)[C@@H]2C)c1. The van der Waals surface area contributed by atoms with Crippen LogP contribution in [0.25, 0.3) is 0 Å². The van der Waals surface area contributed by atoms with Gasteiger partial charge < -0.3 is 14.7 Å². The van der Waals surface area contributed by atoms with Gasteiger partial charge in [-0.05, 0) is 49.8 Å². The van der Waals surface area contributed by atoms with Gasteiger partial charge in [0.1, 0.15) is 5.75 Å². The third-order valence-electron chi connectivity index (χ3n) is 4.77. The summed E-state index contributed by atoms with van der Waals surface area (Å²) >= 11 is 0. The Kier molecular flexibility index (Phi) is 5.86. The van der Waals surface area contributed by atoms with E-state index in [2.05, 4.69) is 13.8 Å². The maximum Gasteiger partial charge on any atom is 0.308 e. The van der Waals surface area contributed by atoms with Gasteiger partial charge in [-0.3, -0.25) is 9.59 Å². The Morgan fingerprint density at radius 2 is 2.08 bits per heavy atom. The number of nitrogens with zero attached hydrogens (tertiary/aromatic N) is 1. The Hall–Kier alpha value is -2.04. The molecule has 0 saturated carbocycles. The van der Waals surface area contributed by atoms with E-state index in [0.717, 1.165) is 16.9 Å². The van der Waals surface area contributed by atoms with Gasteiger partial charge in [-0.15, -0.1) is 0 Å². The number of hydrogen-bond donors (Lipinski definition) is 1. The molecule has 0 radical (unpaired) electrons. The molecule has 1 saturated heterocycles. The second-order valence-corrected chi connectivity index (χ2v) is 6.90. The van der Waals surface area contributed by atoms with Gasteiger partial charge in [0.05, 0.1) is 5.92 Å². The highest BCUT2D eigenvalue weighted by atomic mass is 16.5. The van der Waals surface area contributed by atoms with E-state index in [4.69, 9.17) is 4.74 Å². The molecule has 24 heavy (non-hydrogen) atoms. The molecule has 0 aliphatic carbocycles. The van der Waals surface area contributed by atoms with Crippen molar-refractivity contribution in [2.24, 2.45) is 5.92 Å². The number of ether oxygens (including phenoxy) is 1. The van der Waals surface area contributed by atoms with Crippen LogP contribution in [0.15, 0.2) is 18.2 Å². The smallest absolute Gasteiger partial charge is 0.308 e. The number of carboxylic acid groups (broad SMARTS) is 1. The Morgan fingerprint density at radius 1 is 1.38 bits per heavy atom. The van der Waals surface area contributed by atoms with Crippen molar-refractivity contribution >= 4 is 11.9 Å². The highest BCUT2D eigenvalue weighted by Crippen LogP contribution is 2.28. The summed E-state index contributed by atoms with van der Waals surface area (Å²) in [6.45, 7) is 8.51. The van der Waals surface area contributed by atoms with Crippen molar-refractivity contribution < 1.29 is 19.4 Å². The zero-order valence-corrected chi connectivity index (χ0v) is 14.9. The van der Waals surface area contributed by atoms with Gasteiger partial charge in [-0.2, -0.15) is 0 Å². The van der Waals surface area contributed by atoms with Gasteiger partial charge >= 0.3 is 5.97 Å². The maximum atomic E-state index is 12.5. The van der Waals surface area contributed by atoms with Crippen molar-refractivity contribution in [3.05, 3.63) is 29.3 Å². The third-order valence-corrected chi connectivity index (χ3v) is 4.77. The predicted octanol–water partition coefficient (Wildman–Crippen LogP) is 3.21. The van der Waals surface area contributed by atoms with Crippen molar-refractivity contribution in [2.45, 2.75) is 52.5 Å². The van der Waals surface area contributed by atoms with Crippen LogP contribution in [0.5, 0.6) is 5.75 Å². The quantitative estimate of drug-likeness (QED) is 0.898. The lowest BCUT2D eigenvalue weighted by Crippen LogP contribution is -2.50. The molecule has 1 heterocycles. The number of carbonyl (C=O) groups is 2.